The maximum absolute atomic E-state index is 12.3. The molecular weight excluding hydrogens is 438 g/mol. The molecule has 1 N–H and O–H groups in total. The van der Waals surface area contributed by atoms with Gasteiger partial charge in [0.25, 0.3) is 0 Å². The highest BCUT2D eigenvalue weighted by atomic mass is 16.5. The number of esters is 1. The number of nitrogens with one attached hydrogen (secondary N) is 1. The number of para-hydroxylation sites is 1. The summed E-state index contributed by atoms with van der Waals surface area (Å²) in [6.45, 7) is 9.57. The van der Waals surface area contributed by atoms with E-state index in [9.17, 15) is 4.79 Å². The number of hydrogen-bond acceptors (Lipinski definition) is 7. The van der Waals surface area contributed by atoms with Gasteiger partial charge in [-0.2, -0.15) is 0 Å². The molecule has 4 rings (SSSR count). The van der Waals surface area contributed by atoms with Crippen molar-refractivity contribution in [1.29, 1.82) is 0 Å². The number of benzene rings is 2. The minimum Gasteiger partial charge on any atom is -0.467 e. The van der Waals surface area contributed by atoms with Gasteiger partial charge in [0.2, 0.25) is 0 Å². The van der Waals surface area contributed by atoms with Crippen molar-refractivity contribution >= 4 is 28.8 Å². The van der Waals surface area contributed by atoms with Crippen molar-refractivity contribution in [3.05, 3.63) is 72.1 Å². The third-order valence-corrected chi connectivity index (χ3v) is 6.37. The van der Waals surface area contributed by atoms with E-state index in [2.05, 4.69) is 51.5 Å². The van der Waals surface area contributed by atoms with Gasteiger partial charge in [0.05, 0.1) is 19.2 Å². The second-order valence-electron chi connectivity index (χ2n) is 9.28. The van der Waals surface area contributed by atoms with E-state index < -0.39 is 6.04 Å². The Kier molecular flexibility index (Phi) is 8.45. The van der Waals surface area contributed by atoms with Gasteiger partial charge in [0.1, 0.15) is 17.7 Å². The summed E-state index contributed by atoms with van der Waals surface area (Å²) >= 11 is 0. The van der Waals surface area contributed by atoms with Gasteiger partial charge >= 0.3 is 5.97 Å². The Bertz CT molecular complexity index is 1140. The fourth-order valence-electron chi connectivity index (χ4n) is 4.31. The van der Waals surface area contributed by atoms with Crippen LogP contribution in [0.3, 0.4) is 0 Å². The van der Waals surface area contributed by atoms with Crippen LogP contribution in [-0.2, 0) is 16.1 Å². The first-order valence-electron chi connectivity index (χ1n) is 12.3. The van der Waals surface area contributed by atoms with Gasteiger partial charge in [-0.15, -0.1) is 0 Å². The lowest BCUT2D eigenvalue weighted by atomic mass is 10.0. The average molecular weight is 474 g/mol. The van der Waals surface area contributed by atoms with Crippen LogP contribution in [0.15, 0.2) is 60.7 Å². The van der Waals surface area contributed by atoms with Gasteiger partial charge in [-0.1, -0.05) is 68.5 Å². The van der Waals surface area contributed by atoms with Crippen molar-refractivity contribution in [2.24, 2.45) is 5.92 Å². The first-order valence-corrected chi connectivity index (χ1v) is 12.3. The minimum atomic E-state index is -0.473. The van der Waals surface area contributed by atoms with Crippen molar-refractivity contribution < 1.29 is 9.53 Å². The second kappa shape index (κ2) is 11.9. The molecule has 0 amide bonds. The van der Waals surface area contributed by atoms with Gasteiger partial charge in [-0.05, 0) is 23.6 Å². The van der Waals surface area contributed by atoms with Crippen LogP contribution in [-0.4, -0.2) is 71.6 Å². The van der Waals surface area contributed by atoms with Crippen LogP contribution in [0.1, 0.15) is 25.2 Å². The van der Waals surface area contributed by atoms with Gasteiger partial charge in [-0.3, -0.25) is 9.80 Å². The Morgan fingerprint density at radius 2 is 1.69 bits per heavy atom. The van der Waals surface area contributed by atoms with E-state index in [-0.39, 0.29) is 11.9 Å². The van der Waals surface area contributed by atoms with E-state index in [4.69, 9.17) is 14.7 Å². The molecule has 7 heteroatoms. The van der Waals surface area contributed by atoms with Crippen LogP contribution in [0.2, 0.25) is 0 Å². The summed E-state index contributed by atoms with van der Waals surface area (Å²) in [4.78, 5) is 26.9. The predicted molar refractivity (Wildman–Crippen MR) is 141 cm³/mol. The maximum atomic E-state index is 12.3. The first-order chi connectivity index (χ1) is 17.0. The van der Waals surface area contributed by atoms with Gasteiger partial charge in [0.15, 0.2) is 0 Å². The zero-order valence-corrected chi connectivity index (χ0v) is 20.9. The van der Waals surface area contributed by atoms with Crippen molar-refractivity contribution in [2.45, 2.75) is 26.4 Å². The summed E-state index contributed by atoms with van der Waals surface area (Å²) in [5, 5.41) is 4.24. The van der Waals surface area contributed by atoms with Crippen LogP contribution < -0.4 is 5.32 Å². The highest BCUT2D eigenvalue weighted by Crippen LogP contribution is 2.23. The summed E-state index contributed by atoms with van der Waals surface area (Å²) in [5.74, 6) is 1.21. The van der Waals surface area contributed by atoms with Crippen LogP contribution in [0.4, 0.5) is 5.82 Å². The molecule has 1 aromatic heterocycles. The third-order valence-electron chi connectivity index (χ3n) is 6.37. The number of fused-ring (bicyclic) bond motifs is 1. The number of carbonyl (C=O) groups is 1. The lowest BCUT2D eigenvalue weighted by Gasteiger charge is -2.33. The quantitative estimate of drug-likeness (QED) is 0.470. The number of piperazine rings is 1. The summed E-state index contributed by atoms with van der Waals surface area (Å²) in [7, 11) is 1.42. The van der Waals surface area contributed by atoms with Gasteiger partial charge in [-0.25, -0.2) is 14.8 Å². The lowest BCUT2D eigenvalue weighted by Crippen LogP contribution is -2.46. The van der Waals surface area contributed by atoms with E-state index in [0.29, 0.717) is 12.4 Å². The summed E-state index contributed by atoms with van der Waals surface area (Å²) < 4.78 is 5.01. The minimum absolute atomic E-state index is 0.0589. The number of anilines is 1. The van der Waals surface area contributed by atoms with Gasteiger partial charge in [0, 0.05) is 38.1 Å². The van der Waals surface area contributed by atoms with E-state index >= 15 is 0 Å². The third kappa shape index (κ3) is 6.65. The van der Waals surface area contributed by atoms with Crippen molar-refractivity contribution in [2.75, 3.05) is 45.2 Å². The molecule has 0 bridgehead atoms. The van der Waals surface area contributed by atoms with E-state index in [1.54, 1.807) is 0 Å². The standard InChI is InChI=1S/C28H35N5O2/c1-21(2)26(28(34)35-3)31-27-23-13-7-8-14-24(23)29-25(30-27)20-33-18-16-32(17-19-33)15-9-12-22-10-5-4-6-11-22/h4-14,21,26H,15-20H2,1-3H3,(H,29,30,31)/t26-/m0/s1. The highest BCUT2D eigenvalue weighted by molar-refractivity contribution is 5.91. The fourth-order valence-corrected chi connectivity index (χ4v) is 4.31. The van der Waals surface area contributed by atoms with Crippen molar-refractivity contribution in [1.82, 2.24) is 19.8 Å². The molecule has 1 aliphatic rings. The molecule has 0 saturated carbocycles. The van der Waals surface area contributed by atoms with Crippen LogP contribution in [0.25, 0.3) is 17.0 Å². The number of carbonyl (C=O) groups excluding carboxylic acids is 1. The molecule has 0 spiro atoms. The van der Waals surface area contributed by atoms with Gasteiger partial charge < -0.3 is 10.1 Å². The van der Waals surface area contributed by atoms with Crippen LogP contribution in [0, 0.1) is 5.92 Å². The summed E-state index contributed by atoms with van der Waals surface area (Å²) in [6, 6.07) is 17.8. The highest BCUT2D eigenvalue weighted by Gasteiger charge is 2.25. The number of methoxy groups -OCH3 is 1. The molecule has 35 heavy (non-hydrogen) atoms. The van der Waals surface area contributed by atoms with Crippen molar-refractivity contribution in [3.63, 3.8) is 0 Å². The molecule has 2 aromatic carbocycles. The summed E-state index contributed by atoms with van der Waals surface area (Å²) in [6.07, 6.45) is 4.42. The van der Waals surface area contributed by atoms with Crippen LogP contribution in [0.5, 0.6) is 0 Å². The average Bonchev–Trinajstić information content (AvgIpc) is 2.88. The topological polar surface area (TPSA) is 70.6 Å². The lowest BCUT2D eigenvalue weighted by molar-refractivity contribution is -0.142. The smallest absolute Gasteiger partial charge is 0.328 e. The zero-order valence-electron chi connectivity index (χ0n) is 20.9. The predicted octanol–water partition coefficient (Wildman–Crippen LogP) is 4.07. The Morgan fingerprint density at radius 3 is 2.40 bits per heavy atom. The Balaban J connectivity index is 1.40. The SMILES string of the molecule is COC(=O)[C@@H](Nc1nc(CN2CCN(CC=Cc3ccccc3)CC2)nc2ccccc12)C(C)C. The molecule has 0 aliphatic carbocycles. The monoisotopic (exact) mass is 473 g/mol. The number of ether oxygens (including phenoxy) is 1. The van der Waals surface area contributed by atoms with E-state index in [1.165, 1.54) is 12.7 Å². The molecular formula is C28H35N5O2. The largest absolute Gasteiger partial charge is 0.467 e. The number of rotatable bonds is 9. The Morgan fingerprint density at radius 1 is 1.00 bits per heavy atom. The molecule has 1 aliphatic heterocycles. The maximum Gasteiger partial charge on any atom is 0.328 e. The molecule has 3 aromatic rings. The Labute approximate surface area is 207 Å². The Hall–Kier alpha value is -3.29. The molecule has 0 radical (unpaired) electrons. The van der Waals surface area contributed by atoms with Crippen molar-refractivity contribution in [3.8, 4) is 0 Å². The zero-order chi connectivity index (χ0) is 24.6. The van der Waals surface area contributed by atoms with E-state index in [0.717, 1.165) is 49.5 Å². The molecule has 0 unspecified atom stereocenters. The second-order valence-corrected chi connectivity index (χ2v) is 9.28. The normalized spacial score (nSPS) is 16.1. The fraction of sp³-hybridized carbons (Fsp3) is 0.393. The molecule has 1 saturated heterocycles. The van der Waals surface area contributed by atoms with E-state index in [1.807, 2.05) is 44.2 Å². The number of nitrogens with zero attached hydrogens (tertiary/aromatic N) is 4. The molecule has 1 atom stereocenters. The molecule has 7 nitrogen and oxygen atoms in total. The molecule has 2 heterocycles. The molecule has 184 valence electrons. The first kappa shape index (κ1) is 24.8. The summed E-state index contributed by atoms with van der Waals surface area (Å²) in [5.41, 5.74) is 2.10. The number of aromatic nitrogens is 2. The molecule has 1 fully saturated rings. The number of hydrogen-bond donors (Lipinski definition) is 1. The van der Waals surface area contributed by atoms with Crippen LogP contribution >= 0.6 is 0 Å².